The molecule has 2 unspecified atom stereocenters. The Balaban J connectivity index is 1.69. The monoisotopic (exact) mass is 270 g/mol. The van der Waals surface area contributed by atoms with E-state index in [2.05, 4.69) is 34.3 Å². The molecule has 5 heteroatoms. The average Bonchev–Trinajstić information content (AvgIpc) is 2.85. The van der Waals surface area contributed by atoms with Crippen LogP contribution >= 0.6 is 0 Å². The lowest BCUT2D eigenvalue weighted by Crippen LogP contribution is -2.40. The third kappa shape index (κ3) is 2.49. The molecule has 0 bridgehead atoms. The van der Waals surface area contributed by atoms with E-state index in [1.807, 2.05) is 4.90 Å². The summed E-state index contributed by atoms with van der Waals surface area (Å²) in [4.78, 5) is 16.9. The number of likely N-dealkylation sites (tertiary alicyclic amines) is 1. The molecule has 104 valence electrons. The molecule has 0 aromatic heterocycles. The van der Waals surface area contributed by atoms with E-state index in [1.54, 1.807) is 0 Å². The van der Waals surface area contributed by atoms with E-state index in [0.717, 1.165) is 25.8 Å². The second-order valence-electron chi connectivity index (χ2n) is 5.70. The van der Waals surface area contributed by atoms with Crippen molar-refractivity contribution >= 4 is 5.91 Å². The maximum Gasteiger partial charge on any atom is 0.223 e. The molecular weight excluding hydrogens is 252 g/mol. The lowest BCUT2D eigenvalue weighted by Gasteiger charge is -2.32. The summed E-state index contributed by atoms with van der Waals surface area (Å²) in [5.74, 6) is 0.406. The summed E-state index contributed by atoms with van der Waals surface area (Å²) in [7, 11) is 0. The third-order valence-electron chi connectivity index (χ3n) is 4.40. The fourth-order valence-corrected chi connectivity index (χ4v) is 3.38. The third-order valence-corrected chi connectivity index (χ3v) is 4.40. The fraction of sp³-hybridized carbons (Fsp3) is 0.533. The van der Waals surface area contributed by atoms with Gasteiger partial charge in [0.15, 0.2) is 0 Å². The summed E-state index contributed by atoms with van der Waals surface area (Å²) >= 11 is 0. The van der Waals surface area contributed by atoms with Crippen molar-refractivity contribution in [3.05, 3.63) is 45.8 Å². The van der Waals surface area contributed by atoms with Crippen molar-refractivity contribution in [3.8, 4) is 0 Å². The zero-order chi connectivity index (χ0) is 13.9. The highest BCUT2D eigenvalue weighted by molar-refractivity contribution is 5.79. The van der Waals surface area contributed by atoms with Crippen molar-refractivity contribution in [1.29, 1.82) is 0 Å². The molecule has 5 nitrogen and oxygen atoms in total. The molecule has 0 spiro atoms. The van der Waals surface area contributed by atoms with Gasteiger partial charge in [0, 0.05) is 30.5 Å². The molecule has 1 aliphatic carbocycles. The summed E-state index contributed by atoms with van der Waals surface area (Å²) in [6.07, 6.45) is 3.57. The van der Waals surface area contributed by atoms with E-state index in [9.17, 15) is 4.79 Å². The summed E-state index contributed by atoms with van der Waals surface area (Å²) < 4.78 is 0. The molecule has 0 saturated carbocycles. The van der Waals surface area contributed by atoms with Gasteiger partial charge < -0.3 is 4.90 Å². The van der Waals surface area contributed by atoms with Gasteiger partial charge in [-0.05, 0) is 41.8 Å². The predicted molar refractivity (Wildman–Crippen MR) is 76.1 cm³/mol. The van der Waals surface area contributed by atoms with Crippen LogP contribution < -0.4 is 0 Å². The normalized spacial score (nSPS) is 25.2. The minimum Gasteiger partial charge on any atom is -0.339 e. The van der Waals surface area contributed by atoms with Gasteiger partial charge in [-0.1, -0.05) is 29.4 Å². The molecule has 3 rings (SSSR count). The smallest absolute Gasteiger partial charge is 0.223 e. The van der Waals surface area contributed by atoms with Crippen LogP contribution in [0.25, 0.3) is 10.4 Å². The standard InChI is InChI=1S/C15H18N4O/c16-18-17-9-11-7-15(20)19(10-11)14-6-5-12-3-1-2-4-13(12)8-14/h1-4,11,14H,5-10H2. The molecule has 2 atom stereocenters. The maximum absolute atomic E-state index is 12.2. The average molecular weight is 270 g/mol. The first kappa shape index (κ1) is 13.0. The highest BCUT2D eigenvalue weighted by Crippen LogP contribution is 2.29. The van der Waals surface area contributed by atoms with Crippen molar-refractivity contribution in [2.75, 3.05) is 13.1 Å². The van der Waals surface area contributed by atoms with Crippen molar-refractivity contribution in [3.63, 3.8) is 0 Å². The van der Waals surface area contributed by atoms with Crippen LogP contribution in [0.3, 0.4) is 0 Å². The first-order valence-electron chi connectivity index (χ1n) is 7.15. The Morgan fingerprint density at radius 1 is 1.30 bits per heavy atom. The fourth-order valence-electron chi connectivity index (χ4n) is 3.38. The maximum atomic E-state index is 12.2. The second-order valence-corrected chi connectivity index (χ2v) is 5.70. The van der Waals surface area contributed by atoms with Gasteiger partial charge >= 0.3 is 0 Å². The van der Waals surface area contributed by atoms with Gasteiger partial charge in [0.2, 0.25) is 5.91 Å². The Labute approximate surface area is 118 Å². The van der Waals surface area contributed by atoms with Crippen LogP contribution in [0.4, 0.5) is 0 Å². The number of benzene rings is 1. The molecule has 20 heavy (non-hydrogen) atoms. The summed E-state index contributed by atoms with van der Waals surface area (Å²) in [6, 6.07) is 8.81. The van der Waals surface area contributed by atoms with Crippen molar-refractivity contribution < 1.29 is 4.79 Å². The Hall–Kier alpha value is -2.00. The van der Waals surface area contributed by atoms with Crippen LogP contribution in [-0.4, -0.2) is 29.9 Å². The van der Waals surface area contributed by atoms with E-state index in [4.69, 9.17) is 5.53 Å². The van der Waals surface area contributed by atoms with Gasteiger partial charge in [-0.2, -0.15) is 0 Å². The molecule has 1 heterocycles. The van der Waals surface area contributed by atoms with E-state index < -0.39 is 0 Å². The molecular formula is C15H18N4O. The molecule has 1 amide bonds. The number of carbonyl (C=O) groups is 1. The zero-order valence-corrected chi connectivity index (χ0v) is 11.4. The predicted octanol–water partition coefficient (Wildman–Crippen LogP) is 2.70. The van der Waals surface area contributed by atoms with Gasteiger partial charge in [-0.25, -0.2) is 0 Å². The van der Waals surface area contributed by atoms with E-state index in [-0.39, 0.29) is 11.8 Å². The number of amides is 1. The van der Waals surface area contributed by atoms with Crippen LogP contribution in [-0.2, 0) is 17.6 Å². The number of aryl methyl sites for hydroxylation is 1. The van der Waals surface area contributed by atoms with Gasteiger partial charge in [0.05, 0.1) is 0 Å². The van der Waals surface area contributed by atoms with Crippen LogP contribution in [0.2, 0.25) is 0 Å². The highest BCUT2D eigenvalue weighted by atomic mass is 16.2. The molecule has 0 radical (unpaired) electrons. The van der Waals surface area contributed by atoms with Crippen LogP contribution in [0.5, 0.6) is 0 Å². The number of hydrogen-bond donors (Lipinski definition) is 0. The number of hydrogen-bond acceptors (Lipinski definition) is 2. The minimum absolute atomic E-state index is 0.190. The number of azide groups is 1. The molecule has 2 aliphatic rings. The van der Waals surface area contributed by atoms with Gasteiger partial charge in [0.1, 0.15) is 0 Å². The summed E-state index contributed by atoms with van der Waals surface area (Å²) in [5.41, 5.74) is 11.2. The minimum atomic E-state index is 0.190. The topological polar surface area (TPSA) is 69.1 Å². The van der Waals surface area contributed by atoms with Crippen molar-refractivity contribution in [2.24, 2.45) is 11.0 Å². The molecule has 1 aromatic rings. The Morgan fingerprint density at radius 3 is 2.90 bits per heavy atom. The van der Waals surface area contributed by atoms with E-state index in [1.165, 1.54) is 11.1 Å². The first-order chi connectivity index (χ1) is 9.78. The molecule has 1 fully saturated rings. The van der Waals surface area contributed by atoms with Crippen molar-refractivity contribution in [1.82, 2.24) is 4.90 Å². The van der Waals surface area contributed by atoms with Crippen molar-refractivity contribution in [2.45, 2.75) is 31.7 Å². The summed E-state index contributed by atoms with van der Waals surface area (Å²) in [5, 5.41) is 3.61. The van der Waals surface area contributed by atoms with Crippen LogP contribution in [0.1, 0.15) is 24.0 Å². The number of carbonyl (C=O) groups excluding carboxylic acids is 1. The SMILES string of the molecule is [N-]=[N+]=NCC1CC(=O)N(C2CCc3ccccc3C2)C1. The molecule has 1 aliphatic heterocycles. The Bertz CT molecular complexity index is 565. The first-order valence-corrected chi connectivity index (χ1v) is 7.15. The number of fused-ring (bicyclic) bond motifs is 1. The number of nitrogens with zero attached hydrogens (tertiary/aromatic N) is 4. The highest BCUT2D eigenvalue weighted by Gasteiger charge is 2.35. The lowest BCUT2D eigenvalue weighted by atomic mass is 9.87. The molecule has 1 aromatic carbocycles. The van der Waals surface area contributed by atoms with Crippen LogP contribution in [0.15, 0.2) is 29.4 Å². The largest absolute Gasteiger partial charge is 0.339 e. The van der Waals surface area contributed by atoms with Gasteiger partial charge in [-0.3, -0.25) is 4.79 Å². The Kier molecular flexibility index (Phi) is 3.61. The lowest BCUT2D eigenvalue weighted by molar-refractivity contribution is -0.129. The quantitative estimate of drug-likeness (QED) is 0.473. The van der Waals surface area contributed by atoms with Gasteiger partial charge in [0.25, 0.3) is 0 Å². The number of rotatable bonds is 3. The van der Waals surface area contributed by atoms with E-state index >= 15 is 0 Å². The molecule has 1 saturated heterocycles. The molecule has 0 N–H and O–H groups in total. The van der Waals surface area contributed by atoms with Gasteiger partial charge in [-0.15, -0.1) is 0 Å². The second kappa shape index (κ2) is 5.55. The Morgan fingerprint density at radius 2 is 2.10 bits per heavy atom. The zero-order valence-electron chi connectivity index (χ0n) is 11.4. The van der Waals surface area contributed by atoms with Crippen LogP contribution in [0, 0.1) is 5.92 Å². The van der Waals surface area contributed by atoms with E-state index in [0.29, 0.717) is 19.0 Å². The summed E-state index contributed by atoms with van der Waals surface area (Å²) in [6.45, 7) is 1.17.